The van der Waals surface area contributed by atoms with E-state index in [4.69, 9.17) is 9.97 Å². The van der Waals surface area contributed by atoms with Gasteiger partial charge in [-0.25, -0.2) is 0 Å². The molecule has 2 atom stereocenters. The normalized spacial score (nSPS) is 20.8. The van der Waals surface area contributed by atoms with Gasteiger partial charge in [0.15, 0.2) is 0 Å². The summed E-state index contributed by atoms with van der Waals surface area (Å²) in [6, 6.07) is 40.0. The van der Waals surface area contributed by atoms with E-state index in [1.54, 1.807) is 0 Å². The van der Waals surface area contributed by atoms with Crippen LogP contribution in [-0.4, -0.2) is 36.1 Å². The Bertz CT molecular complexity index is 1700. The van der Waals surface area contributed by atoms with Crippen molar-refractivity contribution in [3.63, 3.8) is 0 Å². The van der Waals surface area contributed by atoms with E-state index in [1.165, 1.54) is 33.6 Å². The highest BCUT2D eigenvalue weighted by Crippen LogP contribution is 2.56. The Morgan fingerprint density at radius 1 is 0.450 bits per heavy atom. The van der Waals surface area contributed by atoms with Crippen molar-refractivity contribution in [1.29, 1.82) is 0 Å². The molecule has 4 heteroatoms. The number of fused-ring (bicyclic) bond motifs is 3. The topological polar surface area (TPSA) is 32.3 Å². The van der Waals surface area contributed by atoms with E-state index in [9.17, 15) is 0 Å². The highest BCUT2D eigenvalue weighted by atomic mass is 15.3. The van der Waals surface area contributed by atoms with Crippen LogP contribution < -0.4 is 9.80 Å². The number of nitrogens with zero attached hydrogens (tertiary/aromatic N) is 4. The van der Waals surface area contributed by atoms with Crippen LogP contribution in [0.5, 0.6) is 0 Å². The summed E-state index contributed by atoms with van der Waals surface area (Å²) in [5.74, 6) is 0.438. The Kier molecular flexibility index (Phi) is 5.18. The lowest BCUT2D eigenvalue weighted by Gasteiger charge is -2.56. The third kappa shape index (κ3) is 3.26. The maximum atomic E-state index is 4.85. The highest BCUT2D eigenvalue weighted by Gasteiger charge is 2.53. The standard InChI is InChI=1S/C36H30N4/c1-39(29-19-7-11-23-13-9-21-37-33(23)29)35-31-25-15-3-5-17-27(25)32(28-18-6-4-16-26(28)31)36(35)40(2)30-20-8-12-24-14-10-22-38-34(24)30/h3-22,31-32,35-36H,1-2H3/t31?,32?,35-,36-/m1/s1. The molecule has 0 fully saturated rings. The van der Waals surface area contributed by atoms with Gasteiger partial charge in [-0.15, -0.1) is 0 Å². The van der Waals surface area contributed by atoms with Gasteiger partial charge in [0, 0.05) is 49.1 Å². The summed E-state index contributed by atoms with van der Waals surface area (Å²) in [5, 5.41) is 2.33. The summed E-state index contributed by atoms with van der Waals surface area (Å²) in [5.41, 5.74) is 10.2. The van der Waals surface area contributed by atoms with Gasteiger partial charge in [0.2, 0.25) is 0 Å². The first-order chi connectivity index (χ1) is 19.7. The molecule has 4 aromatic carbocycles. The first-order valence-corrected chi connectivity index (χ1v) is 14.0. The molecular formula is C36H30N4. The Labute approximate surface area is 234 Å². The minimum Gasteiger partial charge on any atom is -0.367 e. The van der Waals surface area contributed by atoms with Crippen molar-refractivity contribution in [3.8, 4) is 0 Å². The van der Waals surface area contributed by atoms with Gasteiger partial charge in [0.05, 0.1) is 34.5 Å². The van der Waals surface area contributed by atoms with Crippen LogP contribution in [0, 0.1) is 0 Å². The summed E-state index contributed by atoms with van der Waals surface area (Å²) >= 11 is 0. The van der Waals surface area contributed by atoms with Gasteiger partial charge in [0.1, 0.15) is 0 Å². The summed E-state index contributed by atoms with van der Waals surface area (Å²) in [6.07, 6.45) is 3.81. The van der Waals surface area contributed by atoms with Gasteiger partial charge in [0.25, 0.3) is 0 Å². The van der Waals surface area contributed by atoms with Crippen molar-refractivity contribution >= 4 is 33.2 Å². The van der Waals surface area contributed by atoms with Crippen molar-refractivity contribution in [1.82, 2.24) is 9.97 Å². The maximum Gasteiger partial charge on any atom is 0.0935 e. The summed E-state index contributed by atoms with van der Waals surface area (Å²) in [4.78, 5) is 14.7. The van der Waals surface area contributed by atoms with Gasteiger partial charge in [-0.05, 0) is 46.5 Å². The van der Waals surface area contributed by atoms with Crippen LogP contribution in [0.1, 0.15) is 34.1 Å². The highest BCUT2D eigenvalue weighted by molar-refractivity contribution is 5.92. The maximum absolute atomic E-state index is 4.85. The van der Waals surface area contributed by atoms with Gasteiger partial charge < -0.3 is 9.80 Å². The summed E-state index contributed by atoms with van der Waals surface area (Å²) in [6.45, 7) is 0. The van der Waals surface area contributed by atoms with Crippen LogP contribution in [0.15, 0.2) is 122 Å². The van der Waals surface area contributed by atoms with Crippen LogP contribution in [0.2, 0.25) is 0 Å². The number of benzene rings is 4. The van der Waals surface area contributed by atoms with Crippen molar-refractivity contribution in [2.24, 2.45) is 0 Å². The molecule has 3 aliphatic rings. The van der Waals surface area contributed by atoms with Gasteiger partial charge in [-0.2, -0.15) is 0 Å². The monoisotopic (exact) mass is 518 g/mol. The molecule has 0 N–H and O–H groups in total. The molecule has 9 rings (SSSR count). The molecule has 194 valence electrons. The molecule has 2 bridgehead atoms. The zero-order valence-corrected chi connectivity index (χ0v) is 22.6. The average molecular weight is 519 g/mol. The predicted molar refractivity (Wildman–Crippen MR) is 164 cm³/mol. The van der Waals surface area contributed by atoms with E-state index in [0.29, 0.717) is 0 Å². The molecule has 0 spiro atoms. The fourth-order valence-electron chi connectivity index (χ4n) is 7.59. The molecule has 0 unspecified atom stereocenters. The number of hydrogen-bond acceptors (Lipinski definition) is 4. The third-order valence-electron chi connectivity index (χ3n) is 9.24. The van der Waals surface area contributed by atoms with Crippen molar-refractivity contribution in [2.45, 2.75) is 23.9 Å². The zero-order valence-electron chi connectivity index (χ0n) is 22.6. The molecule has 0 saturated heterocycles. The molecule has 0 amide bonds. The quantitative estimate of drug-likeness (QED) is 0.244. The molecule has 3 aliphatic carbocycles. The first kappa shape index (κ1) is 23.2. The van der Waals surface area contributed by atoms with Gasteiger partial charge >= 0.3 is 0 Å². The van der Waals surface area contributed by atoms with E-state index in [0.717, 1.165) is 21.8 Å². The second-order valence-corrected chi connectivity index (χ2v) is 11.1. The summed E-state index contributed by atoms with van der Waals surface area (Å²) in [7, 11) is 4.53. The van der Waals surface area contributed by atoms with Crippen molar-refractivity contribution in [2.75, 3.05) is 23.9 Å². The Balaban J connectivity index is 1.39. The molecule has 0 aliphatic heterocycles. The SMILES string of the molecule is CN(c1cccc2cccnc12)[C@@H]1C2c3ccccc3C(c3ccccc32)[C@H]1N(C)c1cccc2cccnc12. The van der Waals surface area contributed by atoms with Crippen molar-refractivity contribution in [3.05, 3.63) is 144 Å². The fourth-order valence-corrected chi connectivity index (χ4v) is 7.59. The van der Waals surface area contributed by atoms with Gasteiger partial charge in [-0.3, -0.25) is 9.97 Å². The van der Waals surface area contributed by atoms with Gasteiger partial charge in [-0.1, -0.05) is 84.9 Å². The average Bonchev–Trinajstić information content (AvgIpc) is 3.03. The lowest BCUT2D eigenvalue weighted by Crippen LogP contribution is -2.61. The van der Waals surface area contributed by atoms with E-state index in [-0.39, 0.29) is 23.9 Å². The minimum absolute atomic E-state index is 0.173. The Morgan fingerprint density at radius 3 is 1.23 bits per heavy atom. The van der Waals surface area contributed by atoms with Crippen LogP contribution in [0.4, 0.5) is 11.4 Å². The number of para-hydroxylation sites is 2. The second-order valence-electron chi connectivity index (χ2n) is 11.1. The number of rotatable bonds is 4. The predicted octanol–water partition coefficient (Wildman–Crippen LogP) is 7.38. The minimum atomic E-state index is 0.173. The number of anilines is 2. The number of pyridine rings is 2. The van der Waals surface area contributed by atoms with E-state index in [2.05, 4.69) is 121 Å². The number of likely N-dealkylation sites (N-methyl/N-ethyl adjacent to an activating group) is 2. The third-order valence-corrected chi connectivity index (χ3v) is 9.24. The molecule has 0 radical (unpaired) electrons. The fraction of sp³-hybridized carbons (Fsp3) is 0.167. The smallest absolute Gasteiger partial charge is 0.0935 e. The number of hydrogen-bond donors (Lipinski definition) is 0. The lowest BCUT2D eigenvalue weighted by atomic mass is 9.58. The number of aromatic nitrogens is 2. The largest absolute Gasteiger partial charge is 0.367 e. The lowest BCUT2D eigenvalue weighted by molar-refractivity contribution is 0.363. The molecular weight excluding hydrogens is 488 g/mol. The Hall–Kier alpha value is -4.70. The Morgan fingerprint density at radius 2 is 0.825 bits per heavy atom. The van der Waals surface area contributed by atoms with E-state index >= 15 is 0 Å². The first-order valence-electron chi connectivity index (χ1n) is 14.0. The zero-order chi connectivity index (χ0) is 26.8. The van der Waals surface area contributed by atoms with Crippen LogP contribution in [0.3, 0.4) is 0 Å². The second kappa shape index (κ2) is 8.92. The molecule has 2 heterocycles. The van der Waals surface area contributed by atoms with Crippen LogP contribution in [0.25, 0.3) is 21.8 Å². The molecule has 2 aromatic heterocycles. The van der Waals surface area contributed by atoms with E-state index in [1.807, 2.05) is 24.5 Å². The van der Waals surface area contributed by atoms with Crippen molar-refractivity contribution < 1.29 is 0 Å². The summed E-state index contributed by atoms with van der Waals surface area (Å²) < 4.78 is 0. The molecule has 4 nitrogen and oxygen atoms in total. The van der Waals surface area contributed by atoms with E-state index < -0.39 is 0 Å². The molecule has 0 saturated carbocycles. The molecule has 40 heavy (non-hydrogen) atoms. The van der Waals surface area contributed by atoms with Crippen LogP contribution >= 0.6 is 0 Å². The molecule has 6 aromatic rings. The van der Waals surface area contributed by atoms with Crippen LogP contribution in [-0.2, 0) is 0 Å².